The van der Waals surface area contributed by atoms with Crippen LogP contribution in [0.15, 0.2) is 55.1 Å². The van der Waals surface area contributed by atoms with Crippen molar-refractivity contribution in [3.8, 4) is 0 Å². The molecule has 1 atom stereocenters. The molecule has 0 radical (unpaired) electrons. The first-order valence-electron chi connectivity index (χ1n) is 4.35. The normalized spacial score (nSPS) is 13.0. The van der Waals surface area contributed by atoms with Crippen molar-refractivity contribution >= 4 is 0 Å². The molecule has 0 bridgehead atoms. The van der Waals surface area contributed by atoms with Crippen LogP contribution in [0.5, 0.6) is 0 Å². The number of allylic oxidation sites excluding steroid dienone is 2. The van der Waals surface area contributed by atoms with Gasteiger partial charge in [-0.1, -0.05) is 48.6 Å². The lowest BCUT2D eigenvalue weighted by Gasteiger charge is -2.04. The SMILES string of the molecule is C=CC/C=C/C(O)c1ccccc1. The molecule has 0 aliphatic heterocycles. The smallest absolute Gasteiger partial charge is 0.0971 e. The number of hydrogen-bond acceptors (Lipinski definition) is 1. The lowest BCUT2D eigenvalue weighted by atomic mass is 10.1. The molecule has 68 valence electrons. The number of aliphatic hydroxyl groups excluding tert-OH is 1. The fourth-order valence-electron chi connectivity index (χ4n) is 1.07. The standard InChI is InChI=1S/C12H14O/c1-2-3-5-10-12(13)11-8-6-4-7-9-11/h2,4-10,12-13H,1,3H2/b10-5+. The second-order valence-corrected chi connectivity index (χ2v) is 2.81. The minimum Gasteiger partial charge on any atom is -0.384 e. The Morgan fingerprint density at radius 3 is 2.62 bits per heavy atom. The van der Waals surface area contributed by atoms with Gasteiger partial charge >= 0.3 is 0 Å². The fourth-order valence-corrected chi connectivity index (χ4v) is 1.07. The van der Waals surface area contributed by atoms with E-state index in [-0.39, 0.29) is 0 Å². The Bertz CT molecular complexity index is 274. The Hall–Kier alpha value is -1.34. The van der Waals surface area contributed by atoms with Crippen LogP contribution in [0.4, 0.5) is 0 Å². The van der Waals surface area contributed by atoms with Crippen molar-refractivity contribution < 1.29 is 5.11 Å². The van der Waals surface area contributed by atoms with Gasteiger partial charge in [0.05, 0.1) is 6.10 Å². The van der Waals surface area contributed by atoms with Crippen LogP contribution < -0.4 is 0 Å². The fraction of sp³-hybridized carbons (Fsp3) is 0.167. The van der Waals surface area contributed by atoms with Crippen molar-refractivity contribution in [1.29, 1.82) is 0 Å². The Morgan fingerprint density at radius 1 is 1.31 bits per heavy atom. The van der Waals surface area contributed by atoms with E-state index in [4.69, 9.17) is 0 Å². The molecule has 0 aliphatic carbocycles. The molecule has 1 rings (SSSR count). The highest BCUT2D eigenvalue weighted by atomic mass is 16.3. The van der Waals surface area contributed by atoms with Gasteiger partial charge in [0.15, 0.2) is 0 Å². The Balaban J connectivity index is 2.58. The van der Waals surface area contributed by atoms with Gasteiger partial charge in [0.2, 0.25) is 0 Å². The van der Waals surface area contributed by atoms with Gasteiger partial charge in [0.1, 0.15) is 0 Å². The Labute approximate surface area is 79.0 Å². The summed E-state index contributed by atoms with van der Waals surface area (Å²) in [7, 11) is 0. The van der Waals surface area contributed by atoms with Crippen molar-refractivity contribution in [1.82, 2.24) is 0 Å². The molecule has 1 aromatic carbocycles. The van der Waals surface area contributed by atoms with Gasteiger partial charge in [-0.25, -0.2) is 0 Å². The lowest BCUT2D eigenvalue weighted by Crippen LogP contribution is -1.91. The van der Waals surface area contributed by atoms with E-state index in [1.807, 2.05) is 36.4 Å². The topological polar surface area (TPSA) is 20.2 Å². The third-order valence-electron chi connectivity index (χ3n) is 1.76. The van der Waals surface area contributed by atoms with Crippen LogP contribution in [-0.2, 0) is 0 Å². The van der Waals surface area contributed by atoms with Crippen LogP contribution in [0.25, 0.3) is 0 Å². The molecule has 0 fully saturated rings. The molecular formula is C12H14O. The average Bonchev–Trinajstić information content (AvgIpc) is 2.19. The minimum atomic E-state index is -0.499. The van der Waals surface area contributed by atoms with Crippen LogP contribution in [-0.4, -0.2) is 5.11 Å². The predicted molar refractivity (Wildman–Crippen MR) is 55.4 cm³/mol. The van der Waals surface area contributed by atoms with E-state index in [9.17, 15) is 5.11 Å². The van der Waals surface area contributed by atoms with Gasteiger partial charge in [0, 0.05) is 0 Å². The van der Waals surface area contributed by atoms with Gasteiger partial charge in [-0.05, 0) is 12.0 Å². The molecule has 1 nitrogen and oxygen atoms in total. The molecule has 1 heteroatoms. The van der Waals surface area contributed by atoms with E-state index in [1.165, 1.54) is 0 Å². The average molecular weight is 174 g/mol. The zero-order chi connectivity index (χ0) is 9.52. The monoisotopic (exact) mass is 174 g/mol. The highest BCUT2D eigenvalue weighted by Gasteiger charge is 1.99. The number of benzene rings is 1. The van der Waals surface area contributed by atoms with Crippen LogP contribution in [0.3, 0.4) is 0 Å². The molecule has 13 heavy (non-hydrogen) atoms. The molecule has 1 aromatic rings. The third-order valence-corrected chi connectivity index (χ3v) is 1.76. The second-order valence-electron chi connectivity index (χ2n) is 2.81. The maximum atomic E-state index is 9.63. The lowest BCUT2D eigenvalue weighted by molar-refractivity contribution is 0.228. The molecule has 0 aliphatic rings. The van der Waals surface area contributed by atoms with Crippen molar-refractivity contribution in [3.63, 3.8) is 0 Å². The molecule has 0 heterocycles. The van der Waals surface area contributed by atoms with Gasteiger partial charge in [-0.3, -0.25) is 0 Å². The number of aliphatic hydroxyl groups is 1. The summed E-state index contributed by atoms with van der Waals surface area (Å²) in [6.45, 7) is 3.60. The van der Waals surface area contributed by atoms with E-state index in [0.29, 0.717) is 0 Å². The summed E-state index contributed by atoms with van der Waals surface area (Å²) < 4.78 is 0. The van der Waals surface area contributed by atoms with Crippen LogP contribution >= 0.6 is 0 Å². The first kappa shape index (κ1) is 9.75. The van der Waals surface area contributed by atoms with Gasteiger partial charge in [0.25, 0.3) is 0 Å². The third kappa shape index (κ3) is 3.26. The summed E-state index contributed by atoms with van der Waals surface area (Å²) >= 11 is 0. The number of rotatable bonds is 4. The maximum Gasteiger partial charge on any atom is 0.0971 e. The number of hydrogen-bond donors (Lipinski definition) is 1. The van der Waals surface area contributed by atoms with Crippen molar-refractivity contribution in [2.24, 2.45) is 0 Å². The largest absolute Gasteiger partial charge is 0.384 e. The van der Waals surface area contributed by atoms with E-state index < -0.39 is 6.10 Å². The molecule has 0 aromatic heterocycles. The first-order chi connectivity index (χ1) is 6.34. The summed E-state index contributed by atoms with van der Waals surface area (Å²) in [5, 5.41) is 9.63. The van der Waals surface area contributed by atoms with Crippen molar-refractivity contribution in [3.05, 3.63) is 60.7 Å². The van der Waals surface area contributed by atoms with E-state index >= 15 is 0 Å². The maximum absolute atomic E-state index is 9.63. The Kier molecular flexibility index (Phi) is 4.00. The summed E-state index contributed by atoms with van der Waals surface area (Å²) in [6.07, 6.45) is 5.78. The molecule has 1 N–H and O–H groups in total. The summed E-state index contributed by atoms with van der Waals surface area (Å²) in [5.41, 5.74) is 0.919. The first-order valence-corrected chi connectivity index (χ1v) is 4.35. The highest BCUT2D eigenvalue weighted by molar-refractivity contribution is 5.20. The Morgan fingerprint density at radius 2 is 2.00 bits per heavy atom. The molecule has 1 unspecified atom stereocenters. The van der Waals surface area contributed by atoms with E-state index in [1.54, 1.807) is 12.2 Å². The zero-order valence-electron chi connectivity index (χ0n) is 7.56. The summed E-state index contributed by atoms with van der Waals surface area (Å²) in [5.74, 6) is 0. The zero-order valence-corrected chi connectivity index (χ0v) is 7.56. The van der Waals surface area contributed by atoms with Crippen LogP contribution in [0.1, 0.15) is 18.1 Å². The molecule has 0 spiro atoms. The molecular weight excluding hydrogens is 160 g/mol. The van der Waals surface area contributed by atoms with Crippen LogP contribution in [0.2, 0.25) is 0 Å². The molecule has 0 saturated heterocycles. The summed E-state index contributed by atoms with van der Waals surface area (Å²) in [6, 6.07) is 9.58. The van der Waals surface area contributed by atoms with Gasteiger partial charge in [-0.15, -0.1) is 6.58 Å². The van der Waals surface area contributed by atoms with Crippen molar-refractivity contribution in [2.75, 3.05) is 0 Å². The quantitative estimate of drug-likeness (QED) is 0.696. The highest BCUT2D eigenvalue weighted by Crippen LogP contribution is 2.13. The van der Waals surface area contributed by atoms with Gasteiger partial charge < -0.3 is 5.11 Å². The predicted octanol–water partition coefficient (Wildman–Crippen LogP) is 2.85. The van der Waals surface area contributed by atoms with E-state index in [0.717, 1.165) is 12.0 Å². The van der Waals surface area contributed by atoms with Crippen molar-refractivity contribution in [2.45, 2.75) is 12.5 Å². The minimum absolute atomic E-state index is 0.499. The molecule has 0 saturated carbocycles. The van der Waals surface area contributed by atoms with Crippen LogP contribution in [0, 0.1) is 0 Å². The van der Waals surface area contributed by atoms with Gasteiger partial charge in [-0.2, -0.15) is 0 Å². The second kappa shape index (κ2) is 5.33. The summed E-state index contributed by atoms with van der Waals surface area (Å²) in [4.78, 5) is 0. The van der Waals surface area contributed by atoms with E-state index in [2.05, 4.69) is 6.58 Å². The molecule has 0 amide bonds.